The summed E-state index contributed by atoms with van der Waals surface area (Å²) < 4.78 is 5.34. The highest BCUT2D eigenvalue weighted by Crippen LogP contribution is 2.22. The summed E-state index contributed by atoms with van der Waals surface area (Å²) in [6.45, 7) is 3.01. The third-order valence-corrected chi connectivity index (χ3v) is 3.45. The van der Waals surface area contributed by atoms with E-state index in [-0.39, 0.29) is 17.9 Å². The van der Waals surface area contributed by atoms with Crippen molar-refractivity contribution in [2.45, 2.75) is 13.5 Å². The molecule has 2 aromatic rings. The maximum absolute atomic E-state index is 12.2. The zero-order valence-corrected chi connectivity index (χ0v) is 13.4. The molecule has 2 aromatic carbocycles. The molecule has 0 aliphatic heterocycles. The quantitative estimate of drug-likeness (QED) is 0.508. The van der Waals surface area contributed by atoms with Gasteiger partial charge in [-0.15, -0.1) is 0 Å². The minimum Gasteiger partial charge on any atom is -0.492 e. The Balaban J connectivity index is 1.88. The molecule has 0 radical (unpaired) electrons. The lowest BCUT2D eigenvalue weighted by Gasteiger charge is -2.09. The van der Waals surface area contributed by atoms with Crippen LogP contribution in [0.25, 0.3) is 0 Å². The van der Waals surface area contributed by atoms with Crippen LogP contribution in [0.15, 0.2) is 42.5 Å². The average molecular weight is 328 g/mol. The molecule has 0 bridgehead atoms. The minimum atomic E-state index is -0.960. The van der Waals surface area contributed by atoms with Crippen molar-refractivity contribution in [2.75, 3.05) is 18.9 Å². The highest BCUT2D eigenvalue weighted by Gasteiger charge is 2.09. The average Bonchev–Trinajstić information content (AvgIpc) is 2.57. The lowest BCUT2D eigenvalue weighted by atomic mass is 10.1. The van der Waals surface area contributed by atoms with Gasteiger partial charge in [-0.3, -0.25) is 4.79 Å². The zero-order valence-electron chi connectivity index (χ0n) is 13.4. The number of carboxylic acids is 1. The van der Waals surface area contributed by atoms with Crippen LogP contribution in [0.1, 0.15) is 33.2 Å². The molecule has 6 heteroatoms. The van der Waals surface area contributed by atoms with Crippen molar-refractivity contribution in [2.24, 2.45) is 0 Å². The third kappa shape index (κ3) is 4.57. The second-order valence-corrected chi connectivity index (χ2v) is 5.21. The van der Waals surface area contributed by atoms with Gasteiger partial charge >= 0.3 is 5.97 Å². The van der Waals surface area contributed by atoms with Gasteiger partial charge in [-0.05, 0) is 42.8 Å². The first kappa shape index (κ1) is 17.5. The summed E-state index contributed by atoms with van der Waals surface area (Å²) in [7, 11) is 0. The largest absolute Gasteiger partial charge is 0.492 e. The third-order valence-electron chi connectivity index (χ3n) is 3.45. The van der Waals surface area contributed by atoms with Crippen LogP contribution in [0.5, 0.6) is 5.75 Å². The van der Waals surface area contributed by atoms with Crippen LogP contribution in [0, 0.1) is 0 Å². The van der Waals surface area contributed by atoms with E-state index in [1.54, 1.807) is 30.3 Å². The Bertz CT molecular complexity index is 726. The summed E-state index contributed by atoms with van der Waals surface area (Å²) in [5.74, 6) is -0.467. The van der Waals surface area contributed by atoms with Gasteiger partial charge in [0.2, 0.25) is 0 Å². The van der Waals surface area contributed by atoms with Gasteiger partial charge in [0.05, 0.1) is 24.4 Å². The number of benzene rings is 2. The molecule has 24 heavy (non-hydrogen) atoms. The first-order valence-electron chi connectivity index (χ1n) is 7.59. The van der Waals surface area contributed by atoms with Crippen LogP contribution in [0.2, 0.25) is 0 Å². The first-order chi connectivity index (χ1) is 11.5. The molecule has 126 valence electrons. The van der Waals surface area contributed by atoms with Crippen LogP contribution < -0.4 is 15.8 Å². The number of carbonyl (C=O) groups is 2. The molecule has 4 N–H and O–H groups in total. The highest BCUT2D eigenvalue weighted by atomic mass is 16.5. The summed E-state index contributed by atoms with van der Waals surface area (Å²) in [5.41, 5.74) is 7.95. The summed E-state index contributed by atoms with van der Waals surface area (Å²) in [6, 6.07) is 11.5. The molecule has 6 nitrogen and oxygen atoms in total. The van der Waals surface area contributed by atoms with Gasteiger partial charge in [0.15, 0.2) is 5.78 Å². The number of rotatable bonds is 8. The molecule has 0 spiro atoms. The van der Waals surface area contributed by atoms with E-state index < -0.39 is 5.97 Å². The van der Waals surface area contributed by atoms with E-state index in [2.05, 4.69) is 5.32 Å². The summed E-state index contributed by atoms with van der Waals surface area (Å²) in [4.78, 5) is 22.9. The smallest absolute Gasteiger partial charge is 0.335 e. The number of carboxylic acid groups (broad SMARTS) is 1. The van der Waals surface area contributed by atoms with Crippen LogP contribution in [-0.4, -0.2) is 30.0 Å². The van der Waals surface area contributed by atoms with Crippen LogP contribution in [-0.2, 0) is 6.54 Å². The number of Topliss-reactive ketones (excluding diaryl/α,β-unsaturated/α-hetero) is 1. The van der Waals surface area contributed by atoms with Crippen LogP contribution in [0.4, 0.5) is 5.69 Å². The molecular weight excluding hydrogens is 308 g/mol. The second kappa shape index (κ2) is 8.12. The fourth-order valence-corrected chi connectivity index (χ4v) is 2.20. The van der Waals surface area contributed by atoms with Crippen molar-refractivity contribution in [3.8, 4) is 5.75 Å². The molecule has 2 rings (SSSR count). The summed E-state index contributed by atoms with van der Waals surface area (Å²) >= 11 is 0. The lowest BCUT2D eigenvalue weighted by Crippen LogP contribution is -2.22. The van der Waals surface area contributed by atoms with Gasteiger partial charge in [0, 0.05) is 12.1 Å². The number of ketones is 1. The summed E-state index contributed by atoms with van der Waals surface area (Å²) in [6.07, 6.45) is 0. The predicted octanol–water partition coefficient (Wildman–Crippen LogP) is 2.34. The molecule has 0 saturated carbocycles. The van der Waals surface area contributed by atoms with E-state index in [0.29, 0.717) is 30.2 Å². The monoisotopic (exact) mass is 328 g/mol. The maximum Gasteiger partial charge on any atom is 0.335 e. The Labute approximate surface area is 140 Å². The number of nitrogens with one attached hydrogen (secondary N) is 1. The molecule has 0 saturated heterocycles. The van der Waals surface area contributed by atoms with Crippen molar-refractivity contribution in [3.05, 3.63) is 59.2 Å². The number of carbonyl (C=O) groups excluding carboxylic acids is 1. The number of hydrogen-bond acceptors (Lipinski definition) is 5. The summed E-state index contributed by atoms with van der Waals surface area (Å²) in [5, 5.41) is 11.9. The topological polar surface area (TPSA) is 102 Å². The first-order valence-corrected chi connectivity index (χ1v) is 7.59. The van der Waals surface area contributed by atoms with E-state index in [9.17, 15) is 9.59 Å². The Hall–Kier alpha value is -2.86. The number of aromatic carboxylic acids is 1. The SMILES string of the molecule is CCOc1ccc(C(=O)CNCc2ccc(C(=O)O)cc2)cc1N. The Morgan fingerprint density at radius 2 is 1.79 bits per heavy atom. The standard InChI is InChI=1S/C18H20N2O4/c1-2-24-17-8-7-14(9-15(17)19)16(21)11-20-10-12-3-5-13(6-4-12)18(22)23/h3-9,20H,2,10-11,19H2,1H3,(H,22,23). The molecule has 0 atom stereocenters. The van der Waals surface area contributed by atoms with Gasteiger partial charge in [0.25, 0.3) is 0 Å². The molecule has 0 fully saturated rings. The Kier molecular flexibility index (Phi) is 5.92. The maximum atomic E-state index is 12.2. The van der Waals surface area contributed by atoms with E-state index in [1.807, 2.05) is 6.92 Å². The Morgan fingerprint density at radius 1 is 1.12 bits per heavy atom. The van der Waals surface area contributed by atoms with Crippen LogP contribution >= 0.6 is 0 Å². The van der Waals surface area contributed by atoms with E-state index in [1.165, 1.54) is 12.1 Å². The van der Waals surface area contributed by atoms with Crippen molar-refractivity contribution >= 4 is 17.4 Å². The van der Waals surface area contributed by atoms with Gasteiger partial charge in [0.1, 0.15) is 5.75 Å². The predicted molar refractivity (Wildman–Crippen MR) is 91.5 cm³/mol. The van der Waals surface area contributed by atoms with Gasteiger partial charge < -0.3 is 20.9 Å². The number of hydrogen-bond donors (Lipinski definition) is 3. The fraction of sp³-hybridized carbons (Fsp3) is 0.222. The lowest BCUT2D eigenvalue weighted by molar-refractivity contribution is 0.0696. The van der Waals surface area contributed by atoms with Gasteiger partial charge in [-0.2, -0.15) is 0 Å². The van der Waals surface area contributed by atoms with Crippen LogP contribution in [0.3, 0.4) is 0 Å². The van der Waals surface area contributed by atoms with Gasteiger partial charge in [-0.25, -0.2) is 4.79 Å². The van der Waals surface area contributed by atoms with E-state index >= 15 is 0 Å². The molecule has 0 heterocycles. The number of nitrogens with two attached hydrogens (primary N) is 1. The van der Waals surface area contributed by atoms with Crippen molar-refractivity contribution in [1.82, 2.24) is 5.32 Å². The number of nitrogen functional groups attached to an aromatic ring is 1. The minimum absolute atomic E-state index is 0.0769. The second-order valence-electron chi connectivity index (χ2n) is 5.21. The number of anilines is 1. The molecule has 0 amide bonds. The van der Waals surface area contributed by atoms with E-state index in [0.717, 1.165) is 5.56 Å². The molecule has 0 aliphatic rings. The zero-order chi connectivity index (χ0) is 17.5. The normalized spacial score (nSPS) is 10.4. The molecule has 0 unspecified atom stereocenters. The highest BCUT2D eigenvalue weighted by molar-refractivity contribution is 5.98. The molecule has 0 aliphatic carbocycles. The molecule has 0 aromatic heterocycles. The van der Waals surface area contributed by atoms with Crippen molar-refractivity contribution in [3.63, 3.8) is 0 Å². The fourth-order valence-electron chi connectivity index (χ4n) is 2.20. The van der Waals surface area contributed by atoms with Crippen molar-refractivity contribution in [1.29, 1.82) is 0 Å². The van der Waals surface area contributed by atoms with Gasteiger partial charge in [-0.1, -0.05) is 12.1 Å². The van der Waals surface area contributed by atoms with Crippen molar-refractivity contribution < 1.29 is 19.4 Å². The molecular formula is C18H20N2O4. The van der Waals surface area contributed by atoms with E-state index in [4.69, 9.17) is 15.6 Å². The number of ether oxygens (including phenoxy) is 1. The Morgan fingerprint density at radius 3 is 2.38 bits per heavy atom.